The number of para-hydroxylation sites is 2. The zero-order valence-electron chi connectivity index (χ0n) is 35.0. The number of fused-ring (bicyclic) bond motifs is 22. The first kappa shape index (κ1) is 34.3. The van der Waals surface area contributed by atoms with Crippen molar-refractivity contribution in [1.29, 1.82) is 0 Å². The zero-order valence-corrected chi connectivity index (χ0v) is 35.8. The summed E-state index contributed by atoms with van der Waals surface area (Å²) >= 11 is 1.87. The van der Waals surface area contributed by atoms with E-state index in [0.717, 1.165) is 11.4 Å². The molecule has 0 radical (unpaired) electrons. The summed E-state index contributed by atoms with van der Waals surface area (Å²) in [7, 11) is 0. The van der Waals surface area contributed by atoms with E-state index in [4.69, 9.17) is 0 Å². The topological polar surface area (TPSA) is 12.1 Å². The van der Waals surface area contributed by atoms with E-state index < -0.39 is 5.41 Å². The Morgan fingerprint density at radius 3 is 1.51 bits per heavy atom. The van der Waals surface area contributed by atoms with Crippen molar-refractivity contribution in [3.8, 4) is 22.3 Å². The van der Waals surface area contributed by atoms with E-state index >= 15 is 0 Å². The summed E-state index contributed by atoms with van der Waals surface area (Å²) in [5.74, 6) is 0. The van der Waals surface area contributed by atoms with Gasteiger partial charge in [0, 0.05) is 53.1 Å². The lowest BCUT2D eigenvalue weighted by Gasteiger charge is -2.32. The Morgan fingerprint density at radius 2 is 0.846 bits per heavy atom. The smallest absolute Gasteiger partial charge is 0.0789 e. The molecule has 0 aliphatic heterocycles. The van der Waals surface area contributed by atoms with Crippen LogP contribution >= 0.6 is 11.3 Å². The van der Waals surface area contributed by atoms with Crippen molar-refractivity contribution in [3.05, 3.63) is 235 Å². The van der Waals surface area contributed by atoms with Crippen molar-refractivity contribution in [2.45, 2.75) is 5.41 Å². The van der Waals surface area contributed by atoms with E-state index in [0.29, 0.717) is 0 Å². The van der Waals surface area contributed by atoms with Crippen LogP contribution < -0.4 is 4.90 Å². The summed E-state index contributed by atoms with van der Waals surface area (Å²) in [6.07, 6.45) is 0. The highest BCUT2D eigenvalue weighted by Crippen LogP contribution is 2.63. The maximum Gasteiger partial charge on any atom is 0.0789 e. The number of nitrogens with zero attached hydrogens (tertiary/aromatic N) is 3. The molecule has 4 heteroatoms. The van der Waals surface area contributed by atoms with E-state index in [1.807, 2.05) is 11.3 Å². The fraction of sp³-hybridized carbons (Fsp3) is 0.0164. The molecule has 0 saturated carbocycles. The largest absolute Gasteiger partial charge is 0.310 e. The van der Waals surface area contributed by atoms with Crippen LogP contribution in [-0.2, 0) is 5.41 Å². The van der Waals surface area contributed by atoms with Gasteiger partial charge in [0.15, 0.2) is 0 Å². The van der Waals surface area contributed by atoms with Gasteiger partial charge in [0.05, 0.1) is 44.2 Å². The van der Waals surface area contributed by atoms with Gasteiger partial charge in [-0.15, -0.1) is 11.3 Å². The summed E-state index contributed by atoms with van der Waals surface area (Å²) in [6, 6.07) is 80.1. The van der Waals surface area contributed by atoms with Gasteiger partial charge >= 0.3 is 0 Å². The van der Waals surface area contributed by atoms with E-state index in [-0.39, 0.29) is 0 Å². The maximum absolute atomic E-state index is 2.55. The van der Waals surface area contributed by atoms with Crippen LogP contribution in [0.2, 0.25) is 0 Å². The number of thiophene rings is 1. The second kappa shape index (κ2) is 12.1. The molecule has 0 amide bonds. The molecule has 2 aliphatic carbocycles. The summed E-state index contributed by atoms with van der Waals surface area (Å²) in [5.41, 5.74) is 20.9. The molecular weight excluding hydrogens is 807 g/mol. The van der Waals surface area contributed by atoms with Crippen molar-refractivity contribution in [2.24, 2.45) is 0 Å². The zero-order chi connectivity index (χ0) is 42.1. The molecule has 0 atom stereocenters. The highest BCUT2D eigenvalue weighted by Gasteiger charge is 2.51. The van der Waals surface area contributed by atoms with Crippen molar-refractivity contribution in [3.63, 3.8) is 0 Å². The van der Waals surface area contributed by atoms with Crippen LogP contribution in [0.15, 0.2) is 212 Å². The molecule has 65 heavy (non-hydrogen) atoms. The molecule has 0 bridgehead atoms. The van der Waals surface area contributed by atoms with Crippen molar-refractivity contribution >= 4 is 103 Å². The lowest BCUT2D eigenvalue weighted by atomic mass is 9.70. The summed E-state index contributed by atoms with van der Waals surface area (Å²) < 4.78 is 7.64. The lowest BCUT2D eigenvalue weighted by molar-refractivity contribution is 0.793. The van der Waals surface area contributed by atoms with Gasteiger partial charge < -0.3 is 13.7 Å². The van der Waals surface area contributed by atoms with Crippen molar-refractivity contribution in [1.82, 2.24) is 8.80 Å². The van der Waals surface area contributed by atoms with E-state index in [1.54, 1.807) is 0 Å². The first-order chi connectivity index (χ1) is 32.3. The fourth-order valence-corrected chi connectivity index (χ4v) is 13.7. The number of aromatic nitrogens is 2. The molecule has 10 aromatic carbocycles. The Balaban J connectivity index is 1.05. The second-order valence-corrected chi connectivity index (χ2v) is 19.0. The molecule has 2 aliphatic rings. The molecule has 0 fully saturated rings. The molecule has 3 nitrogen and oxygen atoms in total. The van der Waals surface area contributed by atoms with Crippen molar-refractivity contribution in [2.75, 3.05) is 4.90 Å². The Kier molecular flexibility index (Phi) is 6.38. The van der Waals surface area contributed by atoms with Crippen LogP contribution in [0, 0.1) is 0 Å². The summed E-state index contributed by atoms with van der Waals surface area (Å²) in [5, 5.41) is 7.67. The predicted octanol–water partition coefficient (Wildman–Crippen LogP) is 16.4. The first-order valence-corrected chi connectivity index (χ1v) is 23.3. The SMILES string of the molecule is c1ccc2c(c1)-c1ccccc1C21c2ccccc2-c2ccc(N(c3ccc4c(c3)n3c5ccccc5c5ccc6c7ccccc7n4c6c53)c3cccc4sc5ccccc5c34)cc21. The molecule has 300 valence electrons. The summed E-state index contributed by atoms with van der Waals surface area (Å²) in [4.78, 5) is 2.55. The molecule has 0 unspecified atom stereocenters. The van der Waals surface area contributed by atoms with Crippen LogP contribution in [0.4, 0.5) is 17.1 Å². The normalized spacial score (nSPS) is 13.7. The average molecular weight is 842 g/mol. The molecule has 14 aromatic rings. The van der Waals surface area contributed by atoms with E-state index in [9.17, 15) is 0 Å². The third-order valence-electron chi connectivity index (χ3n) is 15.0. The highest BCUT2D eigenvalue weighted by molar-refractivity contribution is 7.26. The van der Waals surface area contributed by atoms with Gasteiger partial charge in [-0.3, -0.25) is 0 Å². The Bertz CT molecular complexity index is 4330. The minimum absolute atomic E-state index is 0.460. The number of benzene rings is 10. The highest BCUT2D eigenvalue weighted by atomic mass is 32.1. The molecule has 4 aromatic heterocycles. The van der Waals surface area contributed by atoms with Gasteiger partial charge in [-0.2, -0.15) is 0 Å². The monoisotopic (exact) mass is 841 g/mol. The fourth-order valence-electron chi connectivity index (χ4n) is 12.6. The number of hydrogen-bond donors (Lipinski definition) is 0. The Labute approximate surface area is 377 Å². The van der Waals surface area contributed by atoms with Crippen LogP contribution in [0.5, 0.6) is 0 Å². The van der Waals surface area contributed by atoms with Gasteiger partial charge in [0.1, 0.15) is 0 Å². The molecule has 0 N–H and O–H groups in total. The van der Waals surface area contributed by atoms with E-state index in [1.165, 1.54) is 125 Å². The molecular formula is C61H35N3S. The standard InChI is InChI=1S/C61H35N3S/c1-7-20-47-38(14-1)39-15-2-8-21-48(39)61(47)49-22-9-3-16-40(49)41-30-28-36(34-50(41)61)62(54-25-13-27-57-58(54)46-19-6-12-26-56(46)65-57)37-29-33-53-55(35-37)64-52-24-11-5-18-43(52)45-32-31-44-42-17-4-10-23-51(42)63(53)59(44)60(45)64/h1-35H. The quantitative estimate of drug-likeness (QED) is 0.161. The van der Waals surface area contributed by atoms with Gasteiger partial charge in [0.25, 0.3) is 0 Å². The van der Waals surface area contributed by atoms with Gasteiger partial charge in [-0.05, 0) is 105 Å². The average Bonchev–Trinajstić information content (AvgIpc) is 4.15. The molecule has 1 spiro atoms. The third kappa shape index (κ3) is 4.09. The third-order valence-corrected chi connectivity index (χ3v) is 16.2. The second-order valence-electron chi connectivity index (χ2n) is 17.9. The van der Waals surface area contributed by atoms with E-state index in [2.05, 4.69) is 226 Å². The molecule has 0 saturated heterocycles. The summed E-state index contributed by atoms with van der Waals surface area (Å²) in [6.45, 7) is 0. The van der Waals surface area contributed by atoms with Gasteiger partial charge in [-0.25, -0.2) is 0 Å². The van der Waals surface area contributed by atoms with Gasteiger partial charge in [0.2, 0.25) is 0 Å². The minimum Gasteiger partial charge on any atom is -0.310 e. The minimum atomic E-state index is -0.460. The lowest BCUT2D eigenvalue weighted by Crippen LogP contribution is -2.26. The first-order valence-electron chi connectivity index (χ1n) is 22.5. The van der Waals surface area contributed by atoms with Crippen LogP contribution in [0.25, 0.3) is 97.1 Å². The van der Waals surface area contributed by atoms with Crippen molar-refractivity contribution < 1.29 is 0 Å². The number of hydrogen-bond acceptors (Lipinski definition) is 2. The van der Waals surface area contributed by atoms with Crippen LogP contribution in [0.3, 0.4) is 0 Å². The number of rotatable bonds is 3. The molecule has 16 rings (SSSR count). The predicted molar refractivity (Wildman–Crippen MR) is 273 cm³/mol. The Morgan fingerprint density at radius 1 is 0.338 bits per heavy atom. The number of anilines is 3. The molecule has 4 heterocycles. The van der Waals surface area contributed by atoms with Crippen LogP contribution in [-0.4, -0.2) is 8.80 Å². The van der Waals surface area contributed by atoms with Crippen LogP contribution in [0.1, 0.15) is 22.3 Å². The Hall–Kier alpha value is -8.18. The maximum atomic E-state index is 2.55. The van der Waals surface area contributed by atoms with Gasteiger partial charge in [-0.1, -0.05) is 152 Å².